The van der Waals surface area contributed by atoms with E-state index in [1.54, 1.807) is 17.0 Å². The second kappa shape index (κ2) is 11.9. The van der Waals surface area contributed by atoms with Gasteiger partial charge in [-0.05, 0) is 50.5 Å². The van der Waals surface area contributed by atoms with Crippen molar-refractivity contribution < 1.29 is 19.1 Å². The molecule has 4 amide bonds. The van der Waals surface area contributed by atoms with Gasteiger partial charge in [-0.2, -0.15) is 4.98 Å². The van der Waals surface area contributed by atoms with Crippen LogP contribution in [0.15, 0.2) is 41.3 Å². The van der Waals surface area contributed by atoms with E-state index in [0.717, 1.165) is 23.9 Å². The largest absolute Gasteiger partial charge is 0.476 e. The Morgan fingerprint density at radius 1 is 1.17 bits per heavy atom. The summed E-state index contributed by atoms with van der Waals surface area (Å²) >= 11 is 0.834. The summed E-state index contributed by atoms with van der Waals surface area (Å²) in [7, 11) is 3.91. The minimum atomic E-state index is -0.449. The van der Waals surface area contributed by atoms with Crippen LogP contribution in [0.4, 0.5) is 21.2 Å². The third-order valence-corrected chi connectivity index (χ3v) is 6.32. The monoisotopic (exact) mass is 511 g/mol. The second-order valence-corrected chi connectivity index (χ2v) is 9.57. The summed E-state index contributed by atoms with van der Waals surface area (Å²) in [6, 6.07) is 10.9. The van der Waals surface area contributed by atoms with Gasteiger partial charge in [-0.3, -0.25) is 14.9 Å². The van der Waals surface area contributed by atoms with Gasteiger partial charge in [0.1, 0.15) is 6.61 Å². The topological polar surface area (TPSA) is 120 Å². The number of rotatable bonds is 7. The van der Waals surface area contributed by atoms with E-state index in [-0.39, 0.29) is 10.9 Å². The predicted octanol–water partition coefficient (Wildman–Crippen LogP) is 2.49. The average molecular weight is 512 g/mol. The van der Waals surface area contributed by atoms with Crippen LogP contribution in [0.3, 0.4) is 0 Å². The number of amides is 4. The second-order valence-electron chi connectivity index (χ2n) is 8.56. The van der Waals surface area contributed by atoms with Crippen molar-refractivity contribution in [2.45, 2.75) is 6.42 Å². The van der Waals surface area contributed by atoms with E-state index in [1.807, 2.05) is 54.2 Å². The number of aromatic nitrogens is 2. The maximum Gasteiger partial charge on any atom is 0.321 e. The van der Waals surface area contributed by atoms with Crippen LogP contribution in [0, 0.1) is 0 Å². The molecule has 11 nitrogen and oxygen atoms in total. The molecule has 2 aliphatic rings. The molecular formula is C24H29N7O4S. The Morgan fingerprint density at radius 3 is 2.69 bits per heavy atom. The van der Waals surface area contributed by atoms with Crippen molar-refractivity contribution in [1.29, 1.82) is 0 Å². The fraction of sp³-hybridized carbons (Fsp3) is 0.375. The molecule has 2 aliphatic heterocycles. The van der Waals surface area contributed by atoms with Gasteiger partial charge in [0.25, 0.3) is 11.1 Å². The van der Waals surface area contributed by atoms with Gasteiger partial charge in [-0.15, -0.1) is 0 Å². The summed E-state index contributed by atoms with van der Waals surface area (Å²) in [5, 5.41) is 4.77. The molecule has 1 aromatic heterocycles. The standard InChI is InChI=1S/C24H29N7O4S/c1-29(2)13-14-35-20-16-18(15-19-21(32)28-24(34)36-19)25-22(27-20)30-9-6-10-31(12-11-30)23(33)26-17-7-4-3-5-8-17/h3-5,7-8,15-16H,6,9-14H2,1-2H3,(H,26,33)(H,28,32,34)/b19-15+. The van der Waals surface area contributed by atoms with Crippen molar-refractivity contribution in [3.8, 4) is 5.88 Å². The van der Waals surface area contributed by atoms with Crippen molar-refractivity contribution in [3.63, 3.8) is 0 Å². The van der Waals surface area contributed by atoms with E-state index in [4.69, 9.17) is 4.74 Å². The summed E-state index contributed by atoms with van der Waals surface area (Å²) in [4.78, 5) is 51.6. The molecule has 2 fully saturated rings. The highest BCUT2D eigenvalue weighted by Crippen LogP contribution is 2.27. The highest BCUT2D eigenvalue weighted by Gasteiger charge is 2.26. The molecule has 3 heterocycles. The maximum atomic E-state index is 12.8. The number of likely N-dealkylation sites (N-methyl/N-ethyl adjacent to an activating group) is 1. The average Bonchev–Trinajstić information content (AvgIpc) is 3.02. The van der Waals surface area contributed by atoms with Gasteiger partial charge in [-0.25, -0.2) is 9.78 Å². The van der Waals surface area contributed by atoms with Gasteiger partial charge in [-0.1, -0.05) is 18.2 Å². The van der Waals surface area contributed by atoms with Gasteiger partial charge < -0.3 is 24.8 Å². The Morgan fingerprint density at radius 2 is 1.97 bits per heavy atom. The van der Waals surface area contributed by atoms with Crippen LogP contribution in [0.5, 0.6) is 5.88 Å². The molecule has 4 rings (SSSR count). The molecule has 0 spiro atoms. The van der Waals surface area contributed by atoms with Crippen LogP contribution in [0.2, 0.25) is 0 Å². The molecule has 0 aliphatic carbocycles. The Balaban J connectivity index is 1.50. The quantitative estimate of drug-likeness (QED) is 0.540. The molecule has 0 saturated carbocycles. The summed E-state index contributed by atoms with van der Waals surface area (Å²) in [6.07, 6.45) is 2.30. The number of anilines is 2. The van der Waals surface area contributed by atoms with E-state index in [2.05, 4.69) is 20.6 Å². The maximum absolute atomic E-state index is 12.8. The molecule has 12 heteroatoms. The van der Waals surface area contributed by atoms with Crippen LogP contribution >= 0.6 is 11.8 Å². The molecule has 190 valence electrons. The van der Waals surface area contributed by atoms with Crippen LogP contribution in [-0.2, 0) is 4.79 Å². The normalized spacial score (nSPS) is 17.4. The molecule has 2 saturated heterocycles. The van der Waals surface area contributed by atoms with Gasteiger partial charge in [0, 0.05) is 44.5 Å². The minimum Gasteiger partial charge on any atom is -0.476 e. The number of ether oxygens (including phenoxy) is 1. The first-order chi connectivity index (χ1) is 17.4. The molecule has 0 radical (unpaired) electrons. The molecule has 0 bridgehead atoms. The summed E-state index contributed by atoms with van der Waals surface area (Å²) in [5.74, 6) is 0.380. The predicted molar refractivity (Wildman–Crippen MR) is 139 cm³/mol. The van der Waals surface area contributed by atoms with E-state index >= 15 is 0 Å². The number of thioether (sulfide) groups is 1. The van der Waals surface area contributed by atoms with Crippen molar-refractivity contribution >= 4 is 46.7 Å². The smallest absolute Gasteiger partial charge is 0.321 e. The zero-order valence-electron chi connectivity index (χ0n) is 20.3. The van der Waals surface area contributed by atoms with Crippen molar-refractivity contribution in [1.82, 2.24) is 25.1 Å². The summed E-state index contributed by atoms with van der Waals surface area (Å²) in [5.41, 5.74) is 1.22. The number of hydrogen-bond donors (Lipinski definition) is 2. The Bertz CT molecular complexity index is 1140. The Kier molecular flexibility index (Phi) is 8.39. The third-order valence-electron chi connectivity index (χ3n) is 5.51. The first-order valence-corrected chi connectivity index (χ1v) is 12.5. The minimum absolute atomic E-state index is 0.149. The third kappa shape index (κ3) is 6.95. The number of carbonyl (C=O) groups is 3. The Hall–Kier alpha value is -3.64. The molecular weight excluding hydrogens is 482 g/mol. The van der Waals surface area contributed by atoms with Crippen molar-refractivity contribution in [2.75, 3.05) is 63.6 Å². The zero-order valence-corrected chi connectivity index (χ0v) is 21.1. The number of urea groups is 1. The van der Waals surface area contributed by atoms with E-state index in [9.17, 15) is 14.4 Å². The van der Waals surface area contributed by atoms with E-state index in [1.165, 1.54) is 0 Å². The Labute approximate surface area is 213 Å². The van der Waals surface area contributed by atoms with E-state index < -0.39 is 11.1 Å². The first-order valence-electron chi connectivity index (χ1n) is 11.6. The number of nitrogens with zero attached hydrogens (tertiary/aromatic N) is 5. The highest BCUT2D eigenvalue weighted by molar-refractivity contribution is 8.18. The number of benzene rings is 1. The van der Waals surface area contributed by atoms with Crippen LogP contribution in [0.1, 0.15) is 12.1 Å². The molecule has 2 N–H and O–H groups in total. The lowest BCUT2D eigenvalue weighted by Gasteiger charge is -2.23. The molecule has 0 atom stereocenters. The fourth-order valence-corrected chi connectivity index (χ4v) is 4.32. The number of para-hydroxylation sites is 1. The highest BCUT2D eigenvalue weighted by atomic mass is 32.2. The number of hydrogen-bond acceptors (Lipinski definition) is 9. The number of imide groups is 1. The lowest BCUT2D eigenvalue weighted by Crippen LogP contribution is -2.38. The first kappa shape index (κ1) is 25.5. The lowest BCUT2D eigenvalue weighted by atomic mass is 10.3. The van der Waals surface area contributed by atoms with Gasteiger partial charge in [0.05, 0.1) is 10.6 Å². The SMILES string of the molecule is CN(C)CCOc1cc(/C=C2/SC(=O)NC2=O)nc(N2CCCN(C(=O)Nc3ccccc3)CC2)n1. The molecule has 2 aromatic rings. The lowest BCUT2D eigenvalue weighted by molar-refractivity contribution is -0.115. The fourth-order valence-electron chi connectivity index (χ4n) is 3.65. The van der Waals surface area contributed by atoms with Gasteiger partial charge in [0.15, 0.2) is 0 Å². The number of carbonyl (C=O) groups excluding carboxylic acids is 3. The van der Waals surface area contributed by atoms with E-state index in [0.29, 0.717) is 56.9 Å². The van der Waals surface area contributed by atoms with Crippen molar-refractivity contribution in [3.05, 3.63) is 47.0 Å². The summed E-state index contributed by atoms with van der Waals surface area (Å²) in [6.45, 7) is 3.42. The molecule has 1 aromatic carbocycles. The van der Waals surface area contributed by atoms with Crippen LogP contribution in [-0.4, -0.2) is 90.4 Å². The van der Waals surface area contributed by atoms with Gasteiger partial charge >= 0.3 is 6.03 Å². The van der Waals surface area contributed by atoms with Crippen molar-refractivity contribution in [2.24, 2.45) is 0 Å². The molecule has 36 heavy (non-hydrogen) atoms. The zero-order chi connectivity index (χ0) is 25.5. The van der Waals surface area contributed by atoms with Crippen LogP contribution < -0.4 is 20.3 Å². The summed E-state index contributed by atoms with van der Waals surface area (Å²) < 4.78 is 5.86. The number of nitrogens with one attached hydrogen (secondary N) is 2. The van der Waals surface area contributed by atoms with Gasteiger partial charge in [0.2, 0.25) is 11.8 Å². The van der Waals surface area contributed by atoms with Crippen LogP contribution in [0.25, 0.3) is 6.08 Å². The molecule has 0 unspecified atom stereocenters.